The molecule has 0 spiro atoms. The van der Waals surface area contributed by atoms with Crippen LogP contribution in [-0.2, 0) is 0 Å². The van der Waals surface area contributed by atoms with E-state index in [9.17, 15) is 0 Å². The Morgan fingerprint density at radius 1 is 1.00 bits per heavy atom. The Hall–Kier alpha value is -0.820. The zero-order chi connectivity index (χ0) is 12.1. The van der Waals surface area contributed by atoms with Gasteiger partial charge in [0.1, 0.15) is 0 Å². The van der Waals surface area contributed by atoms with Gasteiger partial charge in [0.25, 0.3) is 0 Å². The summed E-state index contributed by atoms with van der Waals surface area (Å²) in [5.74, 6) is 0.905. The highest BCUT2D eigenvalue weighted by molar-refractivity contribution is 5.10. The molecule has 92 valence electrons. The first-order chi connectivity index (χ1) is 7.93. The largest absolute Gasteiger partial charge is 0.317 e. The van der Waals surface area contributed by atoms with Crippen molar-refractivity contribution in [1.29, 1.82) is 0 Å². The van der Waals surface area contributed by atoms with Crippen LogP contribution >= 0.6 is 0 Å². The maximum atomic E-state index is 3.39. The fourth-order valence-electron chi connectivity index (χ4n) is 1.71. The van der Waals surface area contributed by atoms with Gasteiger partial charge >= 0.3 is 0 Å². The van der Waals surface area contributed by atoms with Crippen molar-refractivity contribution in [3.05, 3.63) is 36.5 Å². The van der Waals surface area contributed by atoms with Crippen LogP contribution in [0.4, 0.5) is 0 Å². The zero-order valence-electron chi connectivity index (χ0n) is 11.1. The van der Waals surface area contributed by atoms with E-state index in [2.05, 4.69) is 35.7 Å². The Kier molecular flexibility index (Phi) is 11.6. The van der Waals surface area contributed by atoms with Gasteiger partial charge in [0.2, 0.25) is 0 Å². The molecule has 1 rings (SSSR count). The van der Waals surface area contributed by atoms with E-state index in [1.165, 1.54) is 32.4 Å². The SMILES string of the molecule is CC.C\C=C/C=C\C=C\CC1CCNCC1. The predicted molar refractivity (Wildman–Crippen MR) is 74.7 cm³/mol. The van der Waals surface area contributed by atoms with Crippen LogP contribution in [0.2, 0.25) is 0 Å². The van der Waals surface area contributed by atoms with Gasteiger partial charge in [-0.25, -0.2) is 0 Å². The number of piperidine rings is 1. The van der Waals surface area contributed by atoms with Crippen molar-refractivity contribution in [2.45, 2.75) is 40.0 Å². The molecule has 1 aliphatic rings. The van der Waals surface area contributed by atoms with Crippen molar-refractivity contribution < 1.29 is 0 Å². The number of allylic oxidation sites excluding steroid dienone is 6. The Bertz CT molecular complexity index is 207. The van der Waals surface area contributed by atoms with Crippen LogP contribution in [0.3, 0.4) is 0 Å². The Balaban J connectivity index is 0.00000106. The minimum Gasteiger partial charge on any atom is -0.317 e. The predicted octanol–water partition coefficient (Wildman–Crippen LogP) is 4.09. The van der Waals surface area contributed by atoms with Gasteiger partial charge in [-0.1, -0.05) is 50.3 Å². The fourth-order valence-corrected chi connectivity index (χ4v) is 1.71. The summed E-state index contributed by atoms with van der Waals surface area (Å²) in [5.41, 5.74) is 0. The van der Waals surface area contributed by atoms with Gasteiger partial charge < -0.3 is 5.32 Å². The van der Waals surface area contributed by atoms with Crippen molar-refractivity contribution in [3.63, 3.8) is 0 Å². The van der Waals surface area contributed by atoms with E-state index in [1.807, 2.05) is 26.8 Å². The third kappa shape index (κ3) is 8.49. The summed E-state index contributed by atoms with van der Waals surface area (Å²) in [4.78, 5) is 0. The van der Waals surface area contributed by atoms with E-state index >= 15 is 0 Å². The molecule has 0 atom stereocenters. The van der Waals surface area contributed by atoms with Gasteiger partial charge in [0.05, 0.1) is 0 Å². The smallest absolute Gasteiger partial charge is 0.00462 e. The van der Waals surface area contributed by atoms with Crippen molar-refractivity contribution >= 4 is 0 Å². The van der Waals surface area contributed by atoms with Crippen LogP contribution in [0, 0.1) is 5.92 Å². The molecule has 1 nitrogen and oxygen atoms in total. The summed E-state index contributed by atoms with van der Waals surface area (Å²) < 4.78 is 0. The summed E-state index contributed by atoms with van der Waals surface area (Å²) >= 11 is 0. The van der Waals surface area contributed by atoms with Gasteiger partial charge in [-0.2, -0.15) is 0 Å². The summed E-state index contributed by atoms with van der Waals surface area (Å²) in [7, 11) is 0. The van der Waals surface area contributed by atoms with E-state index in [0.717, 1.165) is 5.92 Å². The highest BCUT2D eigenvalue weighted by Crippen LogP contribution is 2.15. The molecule has 1 fully saturated rings. The highest BCUT2D eigenvalue weighted by atomic mass is 14.9. The molecule has 1 heterocycles. The Morgan fingerprint density at radius 2 is 1.62 bits per heavy atom. The first-order valence-corrected chi connectivity index (χ1v) is 6.58. The standard InChI is InChI=1S/C13H21N.C2H6/c1-2-3-4-5-6-7-8-13-9-11-14-12-10-13;1-2/h2-7,13-14H,8-12H2,1H3;1-2H3/b3-2-,5-4-,7-6+;. The molecular weight excluding hydrogens is 194 g/mol. The average Bonchev–Trinajstić information content (AvgIpc) is 2.37. The molecule has 0 aromatic carbocycles. The maximum absolute atomic E-state index is 3.39. The normalized spacial score (nSPS) is 18.2. The van der Waals surface area contributed by atoms with E-state index in [-0.39, 0.29) is 0 Å². The third-order valence-corrected chi connectivity index (χ3v) is 2.59. The molecule has 16 heavy (non-hydrogen) atoms. The summed E-state index contributed by atoms with van der Waals surface area (Å²) in [6, 6.07) is 0. The summed E-state index contributed by atoms with van der Waals surface area (Å²) in [5, 5.41) is 3.39. The lowest BCUT2D eigenvalue weighted by Gasteiger charge is -2.20. The van der Waals surface area contributed by atoms with Crippen LogP contribution in [-0.4, -0.2) is 13.1 Å². The highest BCUT2D eigenvalue weighted by Gasteiger charge is 2.10. The second-order valence-corrected chi connectivity index (χ2v) is 3.77. The summed E-state index contributed by atoms with van der Waals surface area (Å²) in [6.45, 7) is 8.43. The monoisotopic (exact) mass is 221 g/mol. The average molecular weight is 221 g/mol. The van der Waals surface area contributed by atoms with Gasteiger partial charge in [-0.3, -0.25) is 0 Å². The topological polar surface area (TPSA) is 12.0 Å². The van der Waals surface area contributed by atoms with Crippen molar-refractivity contribution in [1.82, 2.24) is 5.32 Å². The number of rotatable bonds is 4. The van der Waals surface area contributed by atoms with E-state index in [4.69, 9.17) is 0 Å². The molecule has 0 aliphatic carbocycles. The minimum absolute atomic E-state index is 0.905. The fraction of sp³-hybridized carbons (Fsp3) is 0.600. The number of hydrogen-bond donors (Lipinski definition) is 1. The quantitative estimate of drug-likeness (QED) is 0.705. The lowest BCUT2D eigenvalue weighted by atomic mass is 9.94. The lowest BCUT2D eigenvalue weighted by molar-refractivity contribution is 0.377. The molecule has 1 N–H and O–H groups in total. The Labute approximate surface area is 101 Å². The van der Waals surface area contributed by atoms with Crippen LogP contribution in [0.5, 0.6) is 0 Å². The van der Waals surface area contributed by atoms with E-state index in [0.29, 0.717) is 0 Å². The minimum atomic E-state index is 0.905. The molecule has 0 unspecified atom stereocenters. The van der Waals surface area contributed by atoms with Crippen LogP contribution in [0.1, 0.15) is 40.0 Å². The molecule has 0 bridgehead atoms. The number of hydrogen-bond acceptors (Lipinski definition) is 1. The van der Waals surface area contributed by atoms with Gasteiger partial charge in [-0.15, -0.1) is 0 Å². The van der Waals surface area contributed by atoms with E-state index < -0.39 is 0 Å². The molecule has 0 saturated carbocycles. The molecule has 0 aromatic rings. The molecule has 1 saturated heterocycles. The second kappa shape index (κ2) is 12.3. The van der Waals surface area contributed by atoms with Crippen LogP contribution in [0.15, 0.2) is 36.5 Å². The van der Waals surface area contributed by atoms with Crippen molar-refractivity contribution in [2.75, 3.05) is 13.1 Å². The van der Waals surface area contributed by atoms with Gasteiger partial charge in [-0.05, 0) is 45.2 Å². The first-order valence-electron chi connectivity index (χ1n) is 6.58. The summed E-state index contributed by atoms with van der Waals surface area (Å²) in [6.07, 6.45) is 16.6. The molecule has 0 aromatic heterocycles. The second-order valence-electron chi connectivity index (χ2n) is 3.77. The van der Waals surface area contributed by atoms with Crippen LogP contribution in [0.25, 0.3) is 0 Å². The zero-order valence-corrected chi connectivity index (χ0v) is 11.1. The van der Waals surface area contributed by atoms with E-state index in [1.54, 1.807) is 0 Å². The van der Waals surface area contributed by atoms with Crippen molar-refractivity contribution in [3.8, 4) is 0 Å². The van der Waals surface area contributed by atoms with Crippen molar-refractivity contribution in [2.24, 2.45) is 5.92 Å². The maximum Gasteiger partial charge on any atom is -0.00462 e. The van der Waals surface area contributed by atoms with Crippen LogP contribution < -0.4 is 5.32 Å². The Morgan fingerprint density at radius 3 is 2.25 bits per heavy atom. The number of nitrogens with one attached hydrogen (secondary N) is 1. The molecular formula is C15H27N. The first kappa shape index (κ1) is 15.2. The third-order valence-electron chi connectivity index (χ3n) is 2.59. The van der Waals surface area contributed by atoms with Gasteiger partial charge in [0.15, 0.2) is 0 Å². The van der Waals surface area contributed by atoms with Gasteiger partial charge in [0, 0.05) is 0 Å². The molecule has 0 amide bonds. The molecule has 1 aliphatic heterocycles. The molecule has 0 radical (unpaired) electrons. The lowest BCUT2D eigenvalue weighted by Crippen LogP contribution is -2.27. The molecule has 1 heteroatoms.